The lowest BCUT2D eigenvalue weighted by Gasteiger charge is -2.33. The molecule has 1 aliphatic heterocycles. The Bertz CT molecular complexity index is 651. The van der Waals surface area contributed by atoms with Gasteiger partial charge >= 0.3 is 0 Å². The molecule has 1 saturated heterocycles. The fraction of sp³-hybridized carbons (Fsp3) is 0.389. The standard InChI is InChI=1S/C18H22N2O2.ClH/c1-3-14-4-6-15(7-5-14)16-8-9-17(22-16)18(21)20-11-10-19-12-13(20)2;/h4-9,13,19H,3,10-12H2,1-2H3;1H/t13-;/m1./s1. The maximum absolute atomic E-state index is 12.6. The van der Waals surface area contributed by atoms with Crippen LogP contribution in [-0.4, -0.2) is 36.5 Å². The zero-order valence-electron chi connectivity index (χ0n) is 13.5. The number of piperazine rings is 1. The third kappa shape index (κ3) is 3.77. The molecular weight excluding hydrogens is 312 g/mol. The average molecular weight is 335 g/mol. The molecule has 23 heavy (non-hydrogen) atoms. The number of nitrogens with zero attached hydrogens (tertiary/aromatic N) is 1. The molecule has 1 aromatic heterocycles. The molecule has 2 heterocycles. The van der Waals surface area contributed by atoms with E-state index in [1.54, 1.807) is 6.07 Å². The van der Waals surface area contributed by atoms with E-state index >= 15 is 0 Å². The predicted molar refractivity (Wildman–Crippen MR) is 94.1 cm³/mol. The van der Waals surface area contributed by atoms with Crippen LogP contribution in [0.2, 0.25) is 0 Å². The quantitative estimate of drug-likeness (QED) is 0.936. The van der Waals surface area contributed by atoms with Gasteiger partial charge in [0.05, 0.1) is 0 Å². The van der Waals surface area contributed by atoms with Gasteiger partial charge < -0.3 is 14.6 Å². The van der Waals surface area contributed by atoms with Gasteiger partial charge in [-0.2, -0.15) is 0 Å². The molecule has 124 valence electrons. The number of rotatable bonds is 3. The Balaban J connectivity index is 0.00000192. The largest absolute Gasteiger partial charge is 0.451 e. The van der Waals surface area contributed by atoms with Gasteiger partial charge in [0.1, 0.15) is 5.76 Å². The summed E-state index contributed by atoms with van der Waals surface area (Å²) in [7, 11) is 0. The minimum Gasteiger partial charge on any atom is -0.451 e. The molecule has 0 unspecified atom stereocenters. The maximum Gasteiger partial charge on any atom is 0.289 e. The molecule has 1 N–H and O–H groups in total. The van der Waals surface area contributed by atoms with Crippen molar-refractivity contribution >= 4 is 18.3 Å². The van der Waals surface area contributed by atoms with Gasteiger partial charge in [0.2, 0.25) is 0 Å². The fourth-order valence-electron chi connectivity index (χ4n) is 2.80. The first kappa shape index (κ1) is 17.6. The lowest BCUT2D eigenvalue weighted by molar-refractivity contribution is 0.0624. The van der Waals surface area contributed by atoms with Crippen LogP contribution < -0.4 is 5.32 Å². The molecule has 0 saturated carbocycles. The number of hydrogen-bond acceptors (Lipinski definition) is 3. The summed E-state index contributed by atoms with van der Waals surface area (Å²) in [5.41, 5.74) is 2.30. The number of furan rings is 1. The first-order valence-corrected chi connectivity index (χ1v) is 7.90. The highest BCUT2D eigenvalue weighted by molar-refractivity contribution is 5.92. The topological polar surface area (TPSA) is 45.5 Å². The minimum atomic E-state index is -0.0228. The highest BCUT2D eigenvalue weighted by Crippen LogP contribution is 2.24. The molecule has 3 rings (SSSR count). The Labute approximate surface area is 143 Å². The molecule has 2 aromatic rings. The monoisotopic (exact) mass is 334 g/mol. The van der Waals surface area contributed by atoms with Crippen LogP contribution >= 0.6 is 12.4 Å². The Hall–Kier alpha value is -1.78. The van der Waals surface area contributed by atoms with Gasteiger partial charge in [0.15, 0.2) is 5.76 Å². The van der Waals surface area contributed by atoms with Crippen molar-refractivity contribution in [1.29, 1.82) is 0 Å². The highest BCUT2D eigenvalue weighted by Gasteiger charge is 2.26. The molecule has 0 radical (unpaired) electrons. The van der Waals surface area contributed by atoms with Crippen LogP contribution in [0.1, 0.15) is 30.0 Å². The van der Waals surface area contributed by atoms with E-state index in [4.69, 9.17) is 4.42 Å². The number of carbonyl (C=O) groups is 1. The Morgan fingerprint density at radius 3 is 2.65 bits per heavy atom. The highest BCUT2D eigenvalue weighted by atomic mass is 35.5. The Morgan fingerprint density at radius 1 is 1.26 bits per heavy atom. The molecule has 1 aliphatic rings. The third-order valence-corrected chi connectivity index (χ3v) is 4.23. The van der Waals surface area contributed by atoms with Crippen LogP contribution in [0, 0.1) is 0 Å². The summed E-state index contributed by atoms with van der Waals surface area (Å²) in [5.74, 6) is 1.14. The van der Waals surface area contributed by atoms with Crippen molar-refractivity contribution in [3.05, 3.63) is 47.7 Å². The van der Waals surface area contributed by atoms with Crippen LogP contribution in [0.3, 0.4) is 0 Å². The smallest absolute Gasteiger partial charge is 0.289 e. The normalized spacial score (nSPS) is 17.7. The van der Waals surface area contributed by atoms with Crippen LogP contribution in [-0.2, 0) is 6.42 Å². The number of aryl methyl sites for hydroxylation is 1. The zero-order chi connectivity index (χ0) is 15.5. The SMILES string of the molecule is CCc1ccc(-c2ccc(C(=O)N3CCNC[C@H]3C)o2)cc1.Cl. The predicted octanol–water partition coefficient (Wildman–Crippen LogP) is 3.36. The van der Waals surface area contributed by atoms with Gasteiger partial charge in [-0.3, -0.25) is 4.79 Å². The number of halogens is 1. The van der Waals surface area contributed by atoms with Gasteiger partial charge in [0.25, 0.3) is 5.91 Å². The number of hydrogen-bond donors (Lipinski definition) is 1. The van der Waals surface area contributed by atoms with Crippen LogP contribution in [0.15, 0.2) is 40.8 Å². The summed E-state index contributed by atoms with van der Waals surface area (Å²) in [6.07, 6.45) is 1.02. The summed E-state index contributed by atoms with van der Waals surface area (Å²) in [4.78, 5) is 14.4. The summed E-state index contributed by atoms with van der Waals surface area (Å²) < 4.78 is 5.79. The minimum absolute atomic E-state index is 0. The second-order valence-electron chi connectivity index (χ2n) is 5.77. The van der Waals surface area contributed by atoms with Crippen molar-refractivity contribution in [3.63, 3.8) is 0 Å². The number of carbonyl (C=O) groups excluding carboxylic acids is 1. The lowest BCUT2D eigenvalue weighted by Crippen LogP contribution is -2.52. The zero-order valence-corrected chi connectivity index (χ0v) is 14.4. The van der Waals surface area contributed by atoms with E-state index in [9.17, 15) is 4.79 Å². The Kier molecular flexibility index (Phi) is 5.85. The van der Waals surface area contributed by atoms with E-state index in [1.165, 1.54) is 5.56 Å². The van der Waals surface area contributed by atoms with E-state index in [1.807, 2.05) is 23.1 Å². The van der Waals surface area contributed by atoms with Gasteiger partial charge in [-0.1, -0.05) is 31.2 Å². The van der Waals surface area contributed by atoms with E-state index in [2.05, 4.69) is 31.3 Å². The fourth-order valence-corrected chi connectivity index (χ4v) is 2.80. The second-order valence-corrected chi connectivity index (χ2v) is 5.77. The van der Waals surface area contributed by atoms with Crippen molar-refractivity contribution in [2.24, 2.45) is 0 Å². The second kappa shape index (κ2) is 7.66. The molecule has 1 aromatic carbocycles. The molecule has 1 atom stereocenters. The van der Waals surface area contributed by atoms with Crippen molar-refractivity contribution in [2.45, 2.75) is 26.3 Å². The number of benzene rings is 1. The molecule has 4 nitrogen and oxygen atoms in total. The summed E-state index contributed by atoms with van der Waals surface area (Å²) >= 11 is 0. The van der Waals surface area contributed by atoms with Gasteiger partial charge in [-0.15, -0.1) is 12.4 Å². The van der Waals surface area contributed by atoms with E-state index in [0.29, 0.717) is 5.76 Å². The molecular formula is C18H23ClN2O2. The molecule has 1 amide bonds. The molecule has 0 bridgehead atoms. The van der Waals surface area contributed by atoms with Gasteiger partial charge in [-0.05, 0) is 31.0 Å². The van der Waals surface area contributed by atoms with Crippen LogP contribution in [0.4, 0.5) is 0 Å². The first-order valence-electron chi connectivity index (χ1n) is 7.90. The third-order valence-electron chi connectivity index (χ3n) is 4.23. The van der Waals surface area contributed by atoms with Gasteiger partial charge in [0, 0.05) is 31.2 Å². The van der Waals surface area contributed by atoms with E-state index < -0.39 is 0 Å². The maximum atomic E-state index is 12.6. The average Bonchev–Trinajstić information content (AvgIpc) is 3.05. The molecule has 0 spiro atoms. The van der Waals surface area contributed by atoms with Crippen LogP contribution in [0.5, 0.6) is 0 Å². The molecule has 0 aliphatic carbocycles. The molecule has 5 heteroatoms. The summed E-state index contributed by atoms with van der Waals surface area (Å²) in [6, 6.07) is 12.1. The first-order chi connectivity index (χ1) is 10.7. The van der Waals surface area contributed by atoms with Crippen molar-refractivity contribution < 1.29 is 9.21 Å². The molecule has 1 fully saturated rings. The van der Waals surface area contributed by atoms with E-state index in [-0.39, 0.29) is 24.4 Å². The number of amides is 1. The van der Waals surface area contributed by atoms with Crippen molar-refractivity contribution in [1.82, 2.24) is 10.2 Å². The Morgan fingerprint density at radius 2 is 2.00 bits per heavy atom. The summed E-state index contributed by atoms with van der Waals surface area (Å²) in [6.45, 7) is 6.58. The van der Waals surface area contributed by atoms with Gasteiger partial charge in [-0.25, -0.2) is 0 Å². The van der Waals surface area contributed by atoms with Crippen molar-refractivity contribution in [3.8, 4) is 11.3 Å². The van der Waals surface area contributed by atoms with E-state index in [0.717, 1.165) is 37.4 Å². The van der Waals surface area contributed by atoms with Crippen LogP contribution in [0.25, 0.3) is 11.3 Å². The lowest BCUT2D eigenvalue weighted by atomic mass is 10.1. The summed E-state index contributed by atoms with van der Waals surface area (Å²) in [5, 5.41) is 3.29. The van der Waals surface area contributed by atoms with Crippen molar-refractivity contribution in [2.75, 3.05) is 19.6 Å². The number of nitrogens with one attached hydrogen (secondary N) is 1.